The lowest BCUT2D eigenvalue weighted by Gasteiger charge is -2.21. The van der Waals surface area contributed by atoms with Crippen LogP contribution < -0.4 is 15.6 Å². The lowest BCUT2D eigenvalue weighted by Crippen LogP contribution is -2.44. The molecule has 1 heterocycles. The van der Waals surface area contributed by atoms with Gasteiger partial charge in [-0.05, 0) is 25.5 Å². The molecule has 0 aromatic heterocycles. The van der Waals surface area contributed by atoms with E-state index in [1.807, 2.05) is 0 Å². The van der Waals surface area contributed by atoms with Gasteiger partial charge in [0.15, 0.2) is 0 Å². The van der Waals surface area contributed by atoms with Crippen LogP contribution in [-0.4, -0.2) is 13.1 Å². The predicted molar refractivity (Wildman–Crippen MR) is 102 cm³/mol. The van der Waals surface area contributed by atoms with Crippen molar-refractivity contribution in [3.05, 3.63) is 24.3 Å². The van der Waals surface area contributed by atoms with Crippen LogP contribution >= 0.6 is 0 Å². The van der Waals surface area contributed by atoms with Crippen molar-refractivity contribution in [1.82, 2.24) is 5.53 Å². The van der Waals surface area contributed by atoms with Crippen molar-refractivity contribution in [2.45, 2.75) is 78.1 Å². The summed E-state index contributed by atoms with van der Waals surface area (Å²) in [5.41, 5.74) is 6.14. The molecule has 0 saturated carbocycles. The van der Waals surface area contributed by atoms with E-state index in [9.17, 15) is 0 Å². The van der Waals surface area contributed by atoms with E-state index >= 15 is 0 Å². The summed E-state index contributed by atoms with van der Waals surface area (Å²) < 4.78 is 0. The third kappa shape index (κ3) is 5.72. The van der Waals surface area contributed by atoms with E-state index in [-0.39, 0.29) is 0 Å². The highest BCUT2D eigenvalue weighted by atomic mass is 15.8. The second kappa shape index (κ2) is 10.5. The van der Waals surface area contributed by atoms with Crippen LogP contribution in [-0.2, 0) is 0 Å². The zero-order chi connectivity index (χ0) is 16.3. The number of hydrazine groups is 2. The van der Waals surface area contributed by atoms with Gasteiger partial charge in [0.05, 0.1) is 11.4 Å². The number of unbranched alkanes of at least 4 members (excludes halogenated alkanes) is 9. The summed E-state index contributed by atoms with van der Waals surface area (Å²) in [6.45, 7) is 6.57. The highest BCUT2D eigenvalue weighted by Gasteiger charge is 2.23. The van der Waals surface area contributed by atoms with Crippen LogP contribution in [0.1, 0.15) is 78.1 Å². The zero-order valence-corrected chi connectivity index (χ0v) is 15.2. The maximum Gasteiger partial charge on any atom is 0.0785 e. The first-order chi connectivity index (χ1) is 11.4. The molecule has 3 nitrogen and oxygen atoms in total. The zero-order valence-electron chi connectivity index (χ0n) is 15.2. The predicted octanol–water partition coefficient (Wildman–Crippen LogP) is 5.67. The third-order valence-corrected chi connectivity index (χ3v) is 4.76. The molecule has 2 rings (SSSR count). The molecule has 0 saturated heterocycles. The molecule has 1 aliphatic rings. The summed E-state index contributed by atoms with van der Waals surface area (Å²) >= 11 is 0. The lowest BCUT2D eigenvalue weighted by atomic mass is 10.1. The normalized spacial score (nSPS) is 13.7. The maximum absolute atomic E-state index is 3.50. The molecular weight excluding hydrogens is 282 g/mol. The van der Waals surface area contributed by atoms with E-state index in [2.05, 4.69) is 53.7 Å². The minimum atomic E-state index is 0.992. The van der Waals surface area contributed by atoms with E-state index in [0.717, 1.165) is 13.1 Å². The Morgan fingerprint density at radius 2 is 1.22 bits per heavy atom. The number of hydrogen-bond donors (Lipinski definition) is 1. The molecule has 0 amide bonds. The minimum Gasteiger partial charge on any atom is -0.289 e. The summed E-state index contributed by atoms with van der Waals surface area (Å²) in [6, 6.07) is 8.66. The summed E-state index contributed by atoms with van der Waals surface area (Å²) in [7, 11) is 0. The topological polar surface area (TPSA) is 18.5 Å². The second-order valence-electron chi connectivity index (χ2n) is 6.67. The largest absolute Gasteiger partial charge is 0.289 e. The van der Waals surface area contributed by atoms with E-state index in [0.29, 0.717) is 0 Å². The van der Waals surface area contributed by atoms with E-state index in [1.54, 1.807) is 0 Å². The Hall–Kier alpha value is -1.22. The molecule has 23 heavy (non-hydrogen) atoms. The van der Waals surface area contributed by atoms with Crippen molar-refractivity contribution in [2.24, 2.45) is 0 Å². The Morgan fingerprint density at radius 3 is 1.78 bits per heavy atom. The number of nitrogens with one attached hydrogen (secondary N) is 1. The first-order valence-electron chi connectivity index (χ1n) is 9.77. The SMILES string of the molecule is CCCCCCCCCCCCN1NN(CC)c2ccccc21. The molecule has 0 fully saturated rings. The number of anilines is 2. The van der Waals surface area contributed by atoms with Crippen molar-refractivity contribution in [1.29, 1.82) is 0 Å². The monoisotopic (exact) mass is 317 g/mol. The number of benzene rings is 1. The van der Waals surface area contributed by atoms with Crippen molar-refractivity contribution in [3.63, 3.8) is 0 Å². The number of fused-ring (bicyclic) bond motifs is 1. The van der Waals surface area contributed by atoms with Gasteiger partial charge in [0.25, 0.3) is 0 Å². The highest BCUT2D eigenvalue weighted by Crippen LogP contribution is 2.32. The first kappa shape index (κ1) is 18.1. The van der Waals surface area contributed by atoms with Gasteiger partial charge in [-0.25, -0.2) is 0 Å². The van der Waals surface area contributed by atoms with Gasteiger partial charge in [0.1, 0.15) is 0 Å². The number of nitrogens with zero attached hydrogens (tertiary/aromatic N) is 2. The van der Waals surface area contributed by atoms with Gasteiger partial charge in [-0.15, -0.1) is 5.53 Å². The molecule has 0 aliphatic carbocycles. The van der Waals surface area contributed by atoms with Crippen LogP contribution in [0.25, 0.3) is 0 Å². The van der Waals surface area contributed by atoms with Gasteiger partial charge in [0, 0.05) is 13.1 Å². The number of para-hydroxylation sites is 2. The molecule has 1 aromatic carbocycles. The summed E-state index contributed by atoms with van der Waals surface area (Å²) in [6.07, 6.45) is 13.9. The fourth-order valence-electron chi connectivity index (χ4n) is 3.34. The van der Waals surface area contributed by atoms with Crippen LogP contribution in [0.3, 0.4) is 0 Å². The van der Waals surface area contributed by atoms with Gasteiger partial charge in [-0.1, -0.05) is 76.8 Å². The van der Waals surface area contributed by atoms with E-state index in [4.69, 9.17) is 0 Å². The molecule has 0 unspecified atom stereocenters. The standard InChI is InChI=1S/C20H35N3/c1-3-5-6-7-8-9-10-11-12-15-18-23-20-17-14-13-16-19(20)22(4-2)21-23/h13-14,16-17,21H,3-12,15,18H2,1-2H3. The Labute approximate surface area is 143 Å². The molecule has 0 atom stereocenters. The average molecular weight is 318 g/mol. The summed E-state index contributed by atoms with van der Waals surface area (Å²) in [5, 5.41) is 4.54. The van der Waals surface area contributed by atoms with Gasteiger partial charge >= 0.3 is 0 Å². The highest BCUT2D eigenvalue weighted by molar-refractivity contribution is 5.74. The number of hydrogen-bond acceptors (Lipinski definition) is 3. The lowest BCUT2D eigenvalue weighted by molar-refractivity contribution is 0.542. The van der Waals surface area contributed by atoms with Crippen molar-refractivity contribution in [3.8, 4) is 0 Å². The van der Waals surface area contributed by atoms with Crippen LogP contribution in [0.4, 0.5) is 11.4 Å². The maximum atomic E-state index is 3.50. The molecule has 0 bridgehead atoms. The molecule has 3 heteroatoms. The van der Waals surface area contributed by atoms with Gasteiger partial charge in [-0.3, -0.25) is 10.0 Å². The van der Waals surface area contributed by atoms with Gasteiger partial charge in [-0.2, -0.15) is 0 Å². The summed E-state index contributed by atoms with van der Waals surface area (Å²) in [4.78, 5) is 0. The Bertz CT molecular complexity index is 433. The minimum absolute atomic E-state index is 0.992. The van der Waals surface area contributed by atoms with E-state index in [1.165, 1.54) is 75.6 Å². The van der Waals surface area contributed by atoms with Crippen LogP contribution in [0.2, 0.25) is 0 Å². The first-order valence-corrected chi connectivity index (χ1v) is 9.77. The summed E-state index contributed by atoms with van der Waals surface area (Å²) in [5.74, 6) is 0. The van der Waals surface area contributed by atoms with Crippen molar-refractivity contribution < 1.29 is 0 Å². The molecule has 1 aromatic rings. The molecule has 0 spiro atoms. The average Bonchev–Trinajstić information content (AvgIpc) is 2.95. The van der Waals surface area contributed by atoms with Crippen LogP contribution in [0, 0.1) is 0 Å². The van der Waals surface area contributed by atoms with E-state index < -0.39 is 0 Å². The van der Waals surface area contributed by atoms with Crippen LogP contribution in [0.15, 0.2) is 24.3 Å². The Kier molecular flexibility index (Phi) is 8.30. The Morgan fingerprint density at radius 1 is 0.696 bits per heavy atom. The van der Waals surface area contributed by atoms with Crippen molar-refractivity contribution >= 4 is 11.4 Å². The molecule has 130 valence electrons. The molecule has 0 radical (unpaired) electrons. The fraction of sp³-hybridized carbons (Fsp3) is 0.700. The van der Waals surface area contributed by atoms with Crippen LogP contribution in [0.5, 0.6) is 0 Å². The smallest absolute Gasteiger partial charge is 0.0785 e. The Balaban J connectivity index is 1.55. The quantitative estimate of drug-likeness (QED) is 0.501. The fourth-order valence-corrected chi connectivity index (χ4v) is 3.34. The molecule has 1 N–H and O–H groups in total. The molecule has 1 aliphatic heterocycles. The van der Waals surface area contributed by atoms with Crippen molar-refractivity contribution in [2.75, 3.05) is 23.1 Å². The number of rotatable bonds is 12. The molecular formula is C20H35N3. The van der Waals surface area contributed by atoms with Gasteiger partial charge in [0.2, 0.25) is 0 Å². The second-order valence-corrected chi connectivity index (χ2v) is 6.67. The van der Waals surface area contributed by atoms with Gasteiger partial charge < -0.3 is 0 Å². The third-order valence-electron chi connectivity index (χ3n) is 4.76.